The van der Waals surface area contributed by atoms with E-state index >= 15 is 0 Å². The Morgan fingerprint density at radius 1 is 1.50 bits per heavy atom. The molecule has 0 spiro atoms. The third-order valence-electron chi connectivity index (χ3n) is 4.11. The molecule has 0 aromatic heterocycles. The summed E-state index contributed by atoms with van der Waals surface area (Å²) in [6, 6.07) is 0.345. The summed E-state index contributed by atoms with van der Waals surface area (Å²) in [5.41, 5.74) is 5.84. The largest absolute Gasteiger partial charge is 0.378 e. The Morgan fingerprint density at radius 2 is 2.12 bits per heavy atom. The summed E-state index contributed by atoms with van der Waals surface area (Å²) >= 11 is 0. The number of methoxy groups -OCH3 is 1. The normalized spacial score (nSPS) is 33.3. The lowest BCUT2D eigenvalue weighted by molar-refractivity contribution is -0.176. The molecule has 16 heavy (non-hydrogen) atoms. The maximum absolute atomic E-state index is 5.82. The maximum Gasteiger partial charge on any atom is 0.188 e. The van der Waals surface area contributed by atoms with E-state index in [0.29, 0.717) is 12.0 Å². The molecule has 0 saturated heterocycles. The average Bonchev–Trinajstić information content (AvgIpc) is 2.25. The Kier molecular flexibility index (Phi) is 3.84. The maximum atomic E-state index is 5.82. The van der Waals surface area contributed by atoms with Gasteiger partial charge in [0.05, 0.1) is 5.60 Å². The second-order valence-electron chi connectivity index (χ2n) is 5.32. The van der Waals surface area contributed by atoms with Gasteiger partial charge >= 0.3 is 0 Å². The van der Waals surface area contributed by atoms with Crippen LogP contribution in [0.25, 0.3) is 0 Å². The van der Waals surface area contributed by atoms with Crippen LogP contribution in [0.15, 0.2) is 4.99 Å². The van der Waals surface area contributed by atoms with Gasteiger partial charge < -0.3 is 15.8 Å². The van der Waals surface area contributed by atoms with E-state index in [1.165, 1.54) is 0 Å². The first-order chi connectivity index (χ1) is 7.37. The molecule has 1 aliphatic rings. The van der Waals surface area contributed by atoms with Crippen molar-refractivity contribution in [2.75, 3.05) is 13.7 Å². The summed E-state index contributed by atoms with van der Waals surface area (Å²) in [6.45, 7) is 9.42. The molecule has 1 aliphatic carbocycles. The van der Waals surface area contributed by atoms with Crippen molar-refractivity contribution in [2.24, 2.45) is 16.1 Å². The summed E-state index contributed by atoms with van der Waals surface area (Å²) < 4.78 is 5.56. The smallest absolute Gasteiger partial charge is 0.188 e. The van der Waals surface area contributed by atoms with Gasteiger partial charge in [0, 0.05) is 25.1 Å². The number of rotatable bonds is 4. The van der Waals surface area contributed by atoms with E-state index in [-0.39, 0.29) is 11.0 Å². The van der Waals surface area contributed by atoms with Crippen molar-refractivity contribution in [3.8, 4) is 0 Å². The second-order valence-corrected chi connectivity index (χ2v) is 5.32. The minimum atomic E-state index is -0.0598. The Morgan fingerprint density at radius 3 is 2.56 bits per heavy atom. The number of aliphatic imine (C=N–C) groups is 1. The standard InChI is InChI=1S/C12H25N3O/c1-6-7-14-10(13)15-9-8-12(4,16-5)11(9,2)3/h9H,6-8H2,1-5H3,(H3,13,14,15). The predicted molar refractivity (Wildman–Crippen MR) is 67.5 cm³/mol. The molecule has 0 aliphatic heterocycles. The summed E-state index contributed by atoms with van der Waals surface area (Å²) in [5.74, 6) is 0.554. The number of ether oxygens (including phenoxy) is 1. The van der Waals surface area contributed by atoms with Gasteiger partial charge in [-0.2, -0.15) is 0 Å². The van der Waals surface area contributed by atoms with Crippen molar-refractivity contribution in [3.05, 3.63) is 0 Å². The molecule has 3 N–H and O–H groups in total. The third-order valence-corrected chi connectivity index (χ3v) is 4.11. The zero-order valence-corrected chi connectivity index (χ0v) is 11.1. The molecule has 1 fully saturated rings. The van der Waals surface area contributed by atoms with Gasteiger partial charge in [0.25, 0.3) is 0 Å². The van der Waals surface area contributed by atoms with Gasteiger partial charge in [0.15, 0.2) is 5.96 Å². The van der Waals surface area contributed by atoms with Crippen LogP contribution in [0.3, 0.4) is 0 Å². The molecule has 0 aromatic rings. The second kappa shape index (κ2) is 4.62. The number of nitrogens with one attached hydrogen (secondary N) is 1. The van der Waals surface area contributed by atoms with E-state index in [1.54, 1.807) is 7.11 Å². The van der Waals surface area contributed by atoms with Gasteiger partial charge in [-0.1, -0.05) is 20.8 Å². The molecular formula is C12H25N3O. The van der Waals surface area contributed by atoms with Crippen molar-refractivity contribution in [2.45, 2.75) is 52.2 Å². The predicted octanol–water partition coefficient (Wildman–Crippen LogP) is 1.50. The molecule has 0 bridgehead atoms. The van der Waals surface area contributed by atoms with Gasteiger partial charge in [-0.25, -0.2) is 0 Å². The lowest BCUT2D eigenvalue weighted by Gasteiger charge is -2.59. The molecule has 0 aromatic carbocycles. The topological polar surface area (TPSA) is 59.6 Å². The van der Waals surface area contributed by atoms with Crippen molar-refractivity contribution >= 4 is 5.96 Å². The number of guanidine groups is 1. The van der Waals surface area contributed by atoms with E-state index in [9.17, 15) is 0 Å². The van der Waals surface area contributed by atoms with Crippen LogP contribution in [0.1, 0.15) is 40.5 Å². The molecule has 4 nitrogen and oxygen atoms in total. The van der Waals surface area contributed by atoms with Crippen LogP contribution in [-0.4, -0.2) is 31.3 Å². The van der Waals surface area contributed by atoms with E-state index < -0.39 is 0 Å². The van der Waals surface area contributed by atoms with Gasteiger partial charge in [-0.05, 0) is 19.8 Å². The Bertz CT molecular complexity index is 275. The minimum absolute atomic E-state index is 0.0598. The molecule has 0 amide bonds. The molecule has 0 radical (unpaired) electrons. The van der Waals surface area contributed by atoms with Crippen LogP contribution < -0.4 is 11.1 Å². The Balaban J connectivity index is 2.54. The fraction of sp³-hybridized carbons (Fsp3) is 0.917. The van der Waals surface area contributed by atoms with Crippen LogP contribution in [0.5, 0.6) is 0 Å². The zero-order chi connectivity index (χ0) is 12.4. The van der Waals surface area contributed by atoms with Gasteiger partial charge in [0.2, 0.25) is 0 Å². The molecule has 1 rings (SSSR count). The van der Waals surface area contributed by atoms with Crippen molar-refractivity contribution in [3.63, 3.8) is 0 Å². The number of hydrogen-bond acceptors (Lipinski definition) is 2. The Labute approximate surface area is 98.6 Å². The summed E-state index contributed by atoms with van der Waals surface area (Å²) in [6.07, 6.45) is 1.99. The van der Waals surface area contributed by atoms with E-state index in [2.05, 4.69) is 38.0 Å². The van der Waals surface area contributed by atoms with Crippen LogP contribution in [0.4, 0.5) is 0 Å². The molecule has 2 unspecified atom stereocenters. The number of hydrogen-bond donors (Lipinski definition) is 2. The lowest BCUT2D eigenvalue weighted by atomic mass is 9.56. The van der Waals surface area contributed by atoms with Gasteiger partial charge in [0.1, 0.15) is 0 Å². The van der Waals surface area contributed by atoms with E-state index in [1.807, 2.05) is 0 Å². The van der Waals surface area contributed by atoms with Gasteiger partial charge in [-0.3, -0.25) is 4.99 Å². The van der Waals surface area contributed by atoms with Crippen molar-refractivity contribution in [1.82, 2.24) is 5.32 Å². The molecule has 1 saturated carbocycles. The minimum Gasteiger partial charge on any atom is -0.378 e. The number of nitrogens with zero attached hydrogens (tertiary/aromatic N) is 1. The zero-order valence-electron chi connectivity index (χ0n) is 11.1. The SMILES string of the molecule is CCCN=C(N)NC1CC(C)(OC)C1(C)C. The fourth-order valence-electron chi connectivity index (χ4n) is 2.18. The highest BCUT2D eigenvalue weighted by Crippen LogP contribution is 2.51. The average molecular weight is 227 g/mol. The highest BCUT2D eigenvalue weighted by molar-refractivity contribution is 5.78. The fourth-order valence-corrected chi connectivity index (χ4v) is 2.18. The molecule has 94 valence electrons. The highest BCUT2D eigenvalue weighted by atomic mass is 16.5. The molecule has 4 heteroatoms. The lowest BCUT2D eigenvalue weighted by Crippen LogP contribution is -2.69. The third kappa shape index (κ3) is 2.17. The quantitative estimate of drug-likeness (QED) is 0.565. The van der Waals surface area contributed by atoms with Crippen LogP contribution in [0, 0.1) is 5.41 Å². The van der Waals surface area contributed by atoms with Crippen LogP contribution in [-0.2, 0) is 4.74 Å². The first kappa shape index (κ1) is 13.3. The van der Waals surface area contributed by atoms with E-state index in [4.69, 9.17) is 10.5 Å². The molecule has 2 atom stereocenters. The number of nitrogens with two attached hydrogens (primary N) is 1. The Hall–Kier alpha value is -0.770. The molecule has 0 heterocycles. The monoisotopic (exact) mass is 227 g/mol. The van der Waals surface area contributed by atoms with Crippen LogP contribution in [0.2, 0.25) is 0 Å². The van der Waals surface area contributed by atoms with Crippen molar-refractivity contribution < 1.29 is 4.74 Å². The van der Waals surface area contributed by atoms with Crippen molar-refractivity contribution in [1.29, 1.82) is 0 Å². The van der Waals surface area contributed by atoms with E-state index in [0.717, 1.165) is 19.4 Å². The summed E-state index contributed by atoms with van der Waals surface area (Å²) in [4.78, 5) is 4.25. The highest BCUT2D eigenvalue weighted by Gasteiger charge is 2.57. The van der Waals surface area contributed by atoms with Crippen LogP contribution >= 0.6 is 0 Å². The summed E-state index contributed by atoms with van der Waals surface area (Å²) in [7, 11) is 1.77. The van der Waals surface area contributed by atoms with Gasteiger partial charge in [-0.15, -0.1) is 0 Å². The first-order valence-corrected chi connectivity index (χ1v) is 5.99. The first-order valence-electron chi connectivity index (χ1n) is 5.99. The molecular weight excluding hydrogens is 202 g/mol. The summed E-state index contributed by atoms with van der Waals surface area (Å²) in [5, 5.41) is 3.28.